The summed E-state index contributed by atoms with van der Waals surface area (Å²) in [7, 11) is 0. The van der Waals surface area contributed by atoms with Gasteiger partial charge in [-0.2, -0.15) is 0 Å². The summed E-state index contributed by atoms with van der Waals surface area (Å²) >= 11 is 0. The quantitative estimate of drug-likeness (QED) is 0.634. The molecule has 1 heterocycles. The first-order valence-corrected chi connectivity index (χ1v) is 3.89. The largest absolute Gasteiger partial charge is 0.460 e. The molecule has 0 bridgehead atoms. The fraction of sp³-hybridized carbons (Fsp3) is 0.444. The molecular formula is C9H12O3. The Morgan fingerprint density at radius 3 is 2.67 bits per heavy atom. The molecule has 0 aliphatic heterocycles. The van der Waals surface area contributed by atoms with Crippen molar-refractivity contribution < 1.29 is 13.9 Å². The lowest BCUT2D eigenvalue weighted by Gasteiger charge is -1.95. The Labute approximate surface area is 71.3 Å². The molecule has 0 saturated heterocycles. The van der Waals surface area contributed by atoms with E-state index in [1.165, 1.54) is 0 Å². The summed E-state index contributed by atoms with van der Waals surface area (Å²) in [4.78, 5) is 11.1. The van der Waals surface area contributed by atoms with Crippen LogP contribution in [0, 0.1) is 13.8 Å². The fourth-order valence-corrected chi connectivity index (χ4v) is 0.876. The van der Waals surface area contributed by atoms with Crippen LogP contribution in [0.2, 0.25) is 0 Å². The zero-order chi connectivity index (χ0) is 9.14. The SMILES string of the molecule is CCOC(=O)c1cc(C)c(C)o1. The van der Waals surface area contributed by atoms with E-state index in [9.17, 15) is 4.79 Å². The molecule has 0 atom stereocenters. The molecule has 1 rings (SSSR count). The predicted octanol–water partition coefficient (Wildman–Crippen LogP) is 2.07. The van der Waals surface area contributed by atoms with E-state index in [0.717, 1.165) is 11.3 Å². The Bertz CT molecular complexity index is 266. The van der Waals surface area contributed by atoms with Gasteiger partial charge in [-0.25, -0.2) is 4.79 Å². The lowest BCUT2D eigenvalue weighted by atomic mass is 10.3. The highest BCUT2D eigenvalue weighted by Gasteiger charge is 2.12. The number of rotatable bonds is 2. The van der Waals surface area contributed by atoms with Crippen LogP contribution in [0.5, 0.6) is 0 Å². The zero-order valence-electron chi connectivity index (χ0n) is 7.51. The highest BCUT2D eigenvalue weighted by molar-refractivity contribution is 5.86. The van der Waals surface area contributed by atoms with Crippen LogP contribution in [-0.4, -0.2) is 12.6 Å². The number of hydrogen-bond donors (Lipinski definition) is 0. The molecule has 0 fully saturated rings. The Kier molecular flexibility index (Phi) is 2.53. The van der Waals surface area contributed by atoms with Crippen molar-refractivity contribution >= 4 is 5.97 Å². The summed E-state index contributed by atoms with van der Waals surface area (Å²) in [5, 5.41) is 0. The Balaban J connectivity index is 2.82. The maximum atomic E-state index is 11.1. The summed E-state index contributed by atoms with van der Waals surface area (Å²) < 4.78 is 9.92. The summed E-state index contributed by atoms with van der Waals surface area (Å²) in [6.07, 6.45) is 0. The maximum Gasteiger partial charge on any atom is 0.374 e. The van der Waals surface area contributed by atoms with Crippen molar-refractivity contribution in [2.75, 3.05) is 6.61 Å². The molecule has 3 nitrogen and oxygen atoms in total. The highest BCUT2D eigenvalue weighted by atomic mass is 16.5. The molecule has 0 N–H and O–H groups in total. The predicted molar refractivity (Wildman–Crippen MR) is 44.1 cm³/mol. The Morgan fingerprint density at radius 1 is 1.58 bits per heavy atom. The molecule has 0 aromatic carbocycles. The molecule has 0 aliphatic carbocycles. The molecule has 3 heteroatoms. The van der Waals surface area contributed by atoms with E-state index >= 15 is 0 Å². The van der Waals surface area contributed by atoms with Crippen LogP contribution >= 0.6 is 0 Å². The van der Waals surface area contributed by atoms with Crippen molar-refractivity contribution in [2.45, 2.75) is 20.8 Å². The molecule has 0 saturated carbocycles. The minimum absolute atomic E-state index is 0.284. The van der Waals surface area contributed by atoms with Gasteiger partial charge in [-0.1, -0.05) is 0 Å². The second kappa shape index (κ2) is 3.43. The number of aryl methyl sites for hydroxylation is 2. The van der Waals surface area contributed by atoms with E-state index in [1.807, 2.05) is 13.8 Å². The monoisotopic (exact) mass is 168 g/mol. The number of esters is 1. The van der Waals surface area contributed by atoms with E-state index in [0.29, 0.717) is 6.61 Å². The van der Waals surface area contributed by atoms with Crippen LogP contribution in [0.15, 0.2) is 10.5 Å². The third-order valence-electron chi connectivity index (χ3n) is 1.64. The van der Waals surface area contributed by atoms with Crippen molar-refractivity contribution in [3.8, 4) is 0 Å². The molecule has 0 radical (unpaired) electrons. The minimum atomic E-state index is -0.395. The van der Waals surface area contributed by atoms with E-state index < -0.39 is 5.97 Å². The summed E-state index contributed by atoms with van der Waals surface area (Å²) in [6, 6.07) is 1.69. The van der Waals surface area contributed by atoms with E-state index in [4.69, 9.17) is 9.15 Å². The highest BCUT2D eigenvalue weighted by Crippen LogP contribution is 2.13. The first-order chi connectivity index (χ1) is 5.65. The van der Waals surface area contributed by atoms with Crippen LogP contribution in [0.4, 0.5) is 0 Å². The van der Waals surface area contributed by atoms with E-state index in [2.05, 4.69) is 0 Å². The molecule has 1 aromatic rings. The third kappa shape index (κ3) is 1.67. The number of hydrogen-bond acceptors (Lipinski definition) is 3. The van der Waals surface area contributed by atoms with E-state index in [1.54, 1.807) is 13.0 Å². The van der Waals surface area contributed by atoms with Gasteiger partial charge in [0.1, 0.15) is 5.76 Å². The minimum Gasteiger partial charge on any atom is -0.460 e. The molecule has 0 spiro atoms. The number of carbonyl (C=O) groups excluding carboxylic acids is 1. The van der Waals surface area contributed by atoms with Gasteiger partial charge in [-0.05, 0) is 32.4 Å². The first-order valence-electron chi connectivity index (χ1n) is 3.89. The average Bonchev–Trinajstić information content (AvgIpc) is 2.33. The molecule has 66 valence electrons. The normalized spacial score (nSPS) is 9.92. The number of ether oxygens (including phenoxy) is 1. The van der Waals surface area contributed by atoms with Crippen molar-refractivity contribution in [2.24, 2.45) is 0 Å². The summed E-state index contributed by atoms with van der Waals surface area (Å²) in [5.74, 6) is 0.651. The van der Waals surface area contributed by atoms with E-state index in [-0.39, 0.29) is 5.76 Å². The Hall–Kier alpha value is -1.25. The van der Waals surface area contributed by atoms with Crippen LogP contribution in [-0.2, 0) is 4.74 Å². The average molecular weight is 168 g/mol. The molecule has 0 aliphatic rings. The standard InChI is InChI=1S/C9H12O3/c1-4-11-9(10)8-5-6(2)7(3)12-8/h5H,4H2,1-3H3. The van der Waals surface area contributed by atoms with Gasteiger partial charge in [0.05, 0.1) is 6.61 Å². The van der Waals surface area contributed by atoms with Crippen LogP contribution in [0.25, 0.3) is 0 Å². The summed E-state index contributed by atoms with van der Waals surface area (Å²) in [6.45, 7) is 5.85. The van der Waals surface area contributed by atoms with Crippen molar-refractivity contribution in [1.82, 2.24) is 0 Å². The zero-order valence-corrected chi connectivity index (χ0v) is 7.51. The molecule has 0 amide bonds. The first kappa shape index (κ1) is 8.84. The lowest BCUT2D eigenvalue weighted by Crippen LogP contribution is -2.02. The molecule has 1 aromatic heterocycles. The van der Waals surface area contributed by atoms with Crippen LogP contribution in [0.1, 0.15) is 28.8 Å². The molecular weight excluding hydrogens is 156 g/mol. The number of furan rings is 1. The van der Waals surface area contributed by atoms with Gasteiger partial charge in [-0.3, -0.25) is 0 Å². The molecule has 0 unspecified atom stereocenters. The van der Waals surface area contributed by atoms with Gasteiger partial charge in [-0.15, -0.1) is 0 Å². The van der Waals surface area contributed by atoms with Gasteiger partial charge in [0, 0.05) is 0 Å². The number of carbonyl (C=O) groups is 1. The Morgan fingerprint density at radius 2 is 2.25 bits per heavy atom. The fourth-order valence-electron chi connectivity index (χ4n) is 0.876. The lowest BCUT2D eigenvalue weighted by molar-refractivity contribution is 0.0488. The third-order valence-corrected chi connectivity index (χ3v) is 1.64. The maximum absolute atomic E-state index is 11.1. The van der Waals surface area contributed by atoms with Crippen molar-refractivity contribution in [3.63, 3.8) is 0 Å². The summed E-state index contributed by atoms with van der Waals surface area (Å²) in [5.41, 5.74) is 0.970. The van der Waals surface area contributed by atoms with Crippen molar-refractivity contribution in [1.29, 1.82) is 0 Å². The van der Waals surface area contributed by atoms with Crippen LogP contribution in [0.3, 0.4) is 0 Å². The smallest absolute Gasteiger partial charge is 0.374 e. The van der Waals surface area contributed by atoms with Gasteiger partial charge < -0.3 is 9.15 Å². The van der Waals surface area contributed by atoms with Gasteiger partial charge in [0.25, 0.3) is 0 Å². The van der Waals surface area contributed by atoms with Gasteiger partial charge in [0.15, 0.2) is 0 Å². The second-order valence-corrected chi connectivity index (χ2v) is 2.57. The molecule has 12 heavy (non-hydrogen) atoms. The van der Waals surface area contributed by atoms with Crippen LogP contribution < -0.4 is 0 Å². The topological polar surface area (TPSA) is 39.4 Å². The second-order valence-electron chi connectivity index (χ2n) is 2.57. The van der Waals surface area contributed by atoms with Gasteiger partial charge >= 0.3 is 5.97 Å². The van der Waals surface area contributed by atoms with Crippen molar-refractivity contribution in [3.05, 3.63) is 23.2 Å². The van der Waals surface area contributed by atoms with Gasteiger partial charge in [0.2, 0.25) is 5.76 Å².